The molecule has 0 aliphatic heterocycles. The summed E-state index contributed by atoms with van der Waals surface area (Å²) in [6.45, 7) is -0.0786. The highest BCUT2D eigenvalue weighted by Crippen LogP contribution is 2.37. The van der Waals surface area contributed by atoms with Crippen molar-refractivity contribution in [3.05, 3.63) is 32.8 Å². The Balaban J connectivity index is 2.71. The van der Waals surface area contributed by atoms with Crippen molar-refractivity contribution in [2.45, 2.75) is 6.54 Å². The molecule has 2 N–H and O–H groups in total. The fourth-order valence-electron chi connectivity index (χ4n) is 1.24. The molecule has 0 aliphatic rings. The second-order valence-electron chi connectivity index (χ2n) is 3.16. The second kappa shape index (κ2) is 4.87. The van der Waals surface area contributed by atoms with Gasteiger partial charge in [0.25, 0.3) is 0 Å². The van der Waals surface area contributed by atoms with Crippen LogP contribution in [-0.2, 0) is 6.54 Å². The van der Waals surface area contributed by atoms with Gasteiger partial charge in [0.1, 0.15) is 5.02 Å². The molecule has 0 spiro atoms. The fourth-order valence-corrected chi connectivity index (χ4v) is 2.08. The maximum absolute atomic E-state index is 13.7. The maximum Gasteiger partial charge on any atom is 0.240 e. The van der Waals surface area contributed by atoms with Crippen molar-refractivity contribution < 1.29 is 17.7 Å². The van der Waals surface area contributed by atoms with Gasteiger partial charge in [0.15, 0.2) is 17.5 Å². The van der Waals surface area contributed by atoms with E-state index in [-0.39, 0.29) is 18.3 Å². The number of hydrogen-bond donors (Lipinski definition) is 1. The minimum absolute atomic E-state index is 0.00654. The summed E-state index contributed by atoms with van der Waals surface area (Å²) in [6, 6.07) is 0. The summed E-state index contributed by atoms with van der Waals surface area (Å²) in [5.41, 5.74) is 4.71. The third-order valence-electron chi connectivity index (χ3n) is 2.08. The van der Waals surface area contributed by atoms with Crippen LogP contribution in [0.2, 0.25) is 5.02 Å². The van der Waals surface area contributed by atoms with E-state index in [0.29, 0.717) is 0 Å². The highest BCUT2D eigenvalue weighted by Gasteiger charge is 2.26. The molecule has 96 valence electrons. The van der Waals surface area contributed by atoms with Crippen molar-refractivity contribution in [3.8, 4) is 11.4 Å². The van der Waals surface area contributed by atoms with Gasteiger partial charge in [-0.15, -0.1) is 0 Å². The third kappa shape index (κ3) is 2.00. The zero-order valence-corrected chi connectivity index (χ0v) is 10.8. The number of halogens is 5. The molecular weight excluding hydrogens is 338 g/mol. The van der Waals surface area contributed by atoms with E-state index in [1.807, 2.05) is 0 Å². The highest BCUT2D eigenvalue weighted by molar-refractivity contribution is 9.10. The van der Waals surface area contributed by atoms with Gasteiger partial charge in [-0.25, -0.2) is 13.2 Å². The summed E-state index contributed by atoms with van der Waals surface area (Å²) in [6.07, 6.45) is 0. The van der Waals surface area contributed by atoms with Crippen molar-refractivity contribution in [2.75, 3.05) is 0 Å². The van der Waals surface area contributed by atoms with E-state index in [1.165, 1.54) is 0 Å². The van der Waals surface area contributed by atoms with Crippen LogP contribution in [-0.4, -0.2) is 10.1 Å². The lowest BCUT2D eigenvalue weighted by atomic mass is 10.2. The number of hydrogen-bond acceptors (Lipinski definition) is 4. The molecule has 0 atom stereocenters. The van der Waals surface area contributed by atoms with E-state index in [2.05, 4.69) is 30.6 Å². The highest BCUT2D eigenvalue weighted by atomic mass is 79.9. The van der Waals surface area contributed by atoms with Crippen molar-refractivity contribution in [2.24, 2.45) is 5.73 Å². The number of aromatic nitrogens is 2. The molecule has 0 saturated carbocycles. The summed E-state index contributed by atoms with van der Waals surface area (Å²) in [5.74, 6) is -4.37. The molecule has 2 aromatic rings. The van der Waals surface area contributed by atoms with Crippen molar-refractivity contribution in [1.29, 1.82) is 0 Å². The van der Waals surface area contributed by atoms with Crippen LogP contribution in [0.1, 0.15) is 5.89 Å². The molecule has 2 rings (SSSR count). The predicted molar refractivity (Wildman–Crippen MR) is 60.2 cm³/mol. The molecular formula is C9H4BrClF3N3O. The molecule has 0 saturated heterocycles. The Morgan fingerprint density at radius 1 is 1.22 bits per heavy atom. The van der Waals surface area contributed by atoms with Crippen molar-refractivity contribution in [1.82, 2.24) is 10.1 Å². The van der Waals surface area contributed by atoms with Crippen LogP contribution >= 0.6 is 27.5 Å². The minimum atomic E-state index is -1.52. The summed E-state index contributed by atoms with van der Waals surface area (Å²) in [5, 5.41) is 2.43. The van der Waals surface area contributed by atoms with Gasteiger partial charge in [0, 0.05) is 0 Å². The Bertz CT molecular complexity index is 590. The number of rotatable bonds is 2. The lowest BCUT2D eigenvalue weighted by Gasteiger charge is -2.06. The zero-order chi connectivity index (χ0) is 13.4. The van der Waals surface area contributed by atoms with Gasteiger partial charge < -0.3 is 10.3 Å². The third-order valence-corrected chi connectivity index (χ3v) is 3.15. The topological polar surface area (TPSA) is 64.9 Å². The van der Waals surface area contributed by atoms with Crippen LogP contribution in [0.3, 0.4) is 0 Å². The summed E-state index contributed by atoms with van der Waals surface area (Å²) in [7, 11) is 0. The quantitative estimate of drug-likeness (QED) is 0.673. The molecule has 1 aromatic heterocycles. The van der Waals surface area contributed by atoms with Crippen LogP contribution in [0.4, 0.5) is 13.2 Å². The number of benzene rings is 1. The van der Waals surface area contributed by atoms with Crippen LogP contribution in [0.15, 0.2) is 9.00 Å². The van der Waals surface area contributed by atoms with E-state index >= 15 is 0 Å². The molecule has 0 amide bonds. The number of nitrogens with zero attached hydrogens (tertiary/aromatic N) is 2. The Morgan fingerprint density at radius 2 is 1.89 bits per heavy atom. The lowest BCUT2D eigenvalue weighted by molar-refractivity contribution is 0.380. The van der Waals surface area contributed by atoms with Crippen molar-refractivity contribution >= 4 is 27.5 Å². The predicted octanol–water partition coefficient (Wildman–Crippen LogP) is 3.03. The summed E-state index contributed by atoms with van der Waals surface area (Å²) < 4.78 is 44.8. The molecule has 9 heteroatoms. The van der Waals surface area contributed by atoms with E-state index < -0.39 is 32.5 Å². The second-order valence-corrected chi connectivity index (χ2v) is 4.33. The van der Waals surface area contributed by atoms with E-state index in [9.17, 15) is 13.2 Å². The molecule has 4 nitrogen and oxygen atoms in total. The SMILES string of the molecule is NCc1nc(-c2c(F)c(F)c(Cl)c(F)c2Br)no1. The van der Waals surface area contributed by atoms with Crippen LogP contribution < -0.4 is 5.73 Å². The summed E-state index contributed by atoms with van der Waals surface area (Å²) >= 11 is 8.04. The molecule has 0 unspecified atom stereocenters. The van der Waals surface area contributed by atoms with Gasteiger partial charge in [-0.2, -0.15) is 4.98 Å². The molecule has 0 bridgehead atoms. The monoisotopic (exact) mass is 341 g/mol. The van der Waals surface area contributed by atoms with E-state index in [4.69, 9.17) is 17.3 Å². The normalized spacial score (nSPS) is 11.0. The first-order chi connectivity index (χ1) is 8.47. The average molecular weight is 343 g/mol. The van der Waals surface area contributed by atoms with E-state index in [1.54, 1.807) is 0 Å². The molecule has 0 radical (unpaired) electrons. The first kappa shape index (κ1) is 13.3. The maximum atomic E-state index is 13.7. The van der Waals surface area contributed by atoms with Gasteiger partial charge in [-0.1, -0.05) is 16.8 Å². The molecule has 1 aromatic carbocycles. The fraction of sp³-hybridized carbons (Fsp3) is 0.111. The van der Waals surface area contributed by atoms with Gasteiger partial charge in [0.2, 0.25) is 11.7 Å². The van der Waals surface area contributed by atoms with E-state index in [0.717, 1.165) is 0 Å². The first-order valence-corrected chi connectivity index (χ1v) is 5.69. The zero-order valence-electron chi connectivity index (χ0n) is 8.48. The Morgan fingerprint density at radius 3 is 2.44 bits per heavy atom. The summed E-state index contributed by atoms with van der Waals surface area (Å²) in [4.78, 5) is 3.68. The Labute approximate surface area is 112 Å². The molecule has 1 heterocycles. The van der Waals surface area contributed by atoms with Crippen LogP contribution in [0, 0.1) is 17.5 Å². The first-order valence-electron chi connectivity index (χ1n) is 4.51. The lowest BCUT2D eigenvalue weighted by Crippen LogP contribution is -1.99. The minimum Gasteiger partial charge on any atom is -0.338 e. The smallest absolute Gasteiger partial charge is 0.240 e. The van der Waals surface area contributed by atoms with Crippen molar-refractivity contribution in [3.63, 3.8) is 0 Å². The standard InChI is InChI=1S/C9H4BrClF3N3O/c10-4-3(9-16-2(1-15)18-17-9)6(12)8(14)5(11)7(4)13/h1,15H2. The Kier molecular flexibility index (Phi) is 3.60. The molecule has 0 fully saturated rings. The molecule has 0 aliphatic carbocycles. The van der Waals surface area contributed by atoms with Gasteiger partial charge in [-0.3, -0.25) is 0 Å². The largest absolute Gasteiger partial charge is 0.338 e. The van der Waals surface area contributed by atoms with Gasteiger partial charge in [-0.05, 0) is 15.9 Å². The van der Waals surface area contributed by atoms with Gasteiger partial charge in [0.05, 0.1) is 16.6 Å². The molecule has 18 heavy (non-hydrogen) atoms. The van der Waals surface area contributed by atoms with Crippen LogP contribution in [0.5, 0.6) is 0 Å². The average Bonchev–Trinajstić information content (AvgIpc) is 2.83. The number of nitrogens with two attached hydrogens (primary N) is 1. The van der Waals surface area contributed by atoms with Crippen LogP contribution in [0.25, 0.3) is 11.4 Å². The van der Waals surface area contributed by atoms with Gasteiger partial charge >= 0.3 is 0 Å². The Hall–Kier alpha value is -1.12.